The summed E-state index contributed by atoms with van der Waals surface area (Å²) in [6.45, 7) is 11.2. The summed E-state index contributed by atoms with van der Waals surface area (Å²) >= 11 is 3.61. The van der Waals surface area contributed by atoms with E-state index in [1.54, 1.807) is 42.7 Å². The highest BCUT2D eigenvalue weighted by Gasteiger charge is 2.32. The van der Waals surface area contributed by atoms with Crippen LogP contribution in [0.2, 0.25) is 0 Å². The lowest BCUT2D eigenvalue weighted by molar-refractivity contribution is -0.120. The largest absolute Gasteiger partial charge is 0.494 e. The summed E-state index contributed by atoms with van der Waals surface area (Å²) in [5.74, 6) is 0.957. The van der Waals surface area contributed by atoms with Crippen LogP contribution < -0.4 is 40.7 Å². The molecule has 0 aliphatic carbocycles. The van der Waals surface area contributed by atoms with Crippen molar-refractivity contribution >= 4 is 102 Å². The number of methoxy groups -OCH3 is 1. The van der Waals surface area contributed by atoms with E-state index in [4.69, 9.17) is 9.72 Å². The number of hydrogen-bond donors (Lipinski definition) is 3. The van der Waals surface area contributed by atoms with Gasteiger partial charge in [0, 0.05) is 137 Å². The third-order valence-corrected chi connectivity index (χ3v) is 18.4. The summed E-state index contributed by atoms with van der Waals surface area (Å²) in [6.07, 6.45) is 8.41. The van der Waals surface area contributed by atoms with Crippen molar-refractivity contribution in [3.63, 3.8) is 0 Å². The fraction of sp³-hybridized carbons (Fsp3) is 0.392. The SMILES string of the molecule is CCP(=O)(CC)c1c(Nc2nc(Nc3cc(-c4cnn(C)c4)c(N4CCC(CN5CCN(c6cc7c(cc6F)c(N6CCC(=O)NC6=O)nn7C)CC5)CC4)cc3OC)ncc2Br)ccc2nc(C)c(F)cc12. The van der Waals surface area contributed by atoms with Crippen molar-refractivity contribution in [2.75, 3.05) is 97.1 Å². The van der Waals surface area contributed by atoms with Gasteiger partial charge < -0.3 is 29.7 Å². The minimum absolute atomic E-state index is 0.155. The number of imide groups is 1. The number of hydrogen-bond acceptors (Lipinski definition) is 14. The molecule has 7 heterocycles. The highest BCUT2D eigenvalue weighted by molar-refractivity contribution is 9.10. The van der Waals surface area contributed by atoms with E-state index in [9.17, 15) is 14.2 Å². The van der Waals surface area contributed by atoms with E-state index in [1.807, 2.05) is 51.5 Å². The molecule has 0 saturated carbocycles. The third kappa shape index (κ3) is 9.81. The topological polar surface area (TPSA) is 184 Å². The molecule has 3 aliphatic heterocycles. The zero-order valence-corrected chi connectivity index (χ0v) is 44.2. The second-order valence-corrected chi connectivity index (χ2v) is 23.3. The van der Waals surface area contributed by atoms with Crippen molar-refractivity contribution in [2.45, 2.75) is 40.0 Å². The lowest BCUT2D eigenvalue weighted by Gasteiger charge is -2.40. The summed E-state index contributed by atoms with van der Waals surface area (Å²) in [5, 5.41) is 19.8. The number of pyridine rings is 1. The van der Waals surface area contributed by atoms with Gasteiger partial charge >= 0.3 is 6.03 Å². The number of rotatable bonds is 14. The van der Waals surface area contributed by atoms with Gasteiger partial charge in [-0.15, -0.1) is 0 Å². The quantitative estimate of drug-likeness (QED) is 0.0880. The number of aromatic nitrogens is 7. The monoisotopic (exact) mass is 1080 g/mol. The van der Waals surface area contributed by atoms with Crippen LogP contribution in [-0.4, -0.2) is 123 Å². The fourth-order valence-electron chi connectivity index (χ4n) is 10.4. The number of carbonyl (C=O) groups is 2. The van der Waals surface area contributed by atoms with Crippen LogP contribution in [0.1, 0.15) is 38.8 Å². The molecule has 0 unspecified atom stereocenters. The van der Waals surface area contributed by atoms with Gasteiger partial charge in [-0.1, -0.05) is 13.8 Å². The molecule has 3 saturated heterocycles. The Kier molecular flexibility index (Phi) is 13.9. The predicted octanol–water partition coefficient (Wildman–Crippen LogP) is 8.67. The standard InChI is InChI=1S/C51H58BrF2N14O4P/c1-7-73(71,8-2)47-34-21-37(53)30(3)57-39(34)9-10-40(47)58-48-36(52)27-55-50(61-48)59-41-23-33(32-26-56-63(4)29-32)43(25-45(41)72-6)66-14-11-31(12-15-66)28-65-17-19-67(20-18-65)44-24-42-35(22-38(44)54)49(62-64(42)5)68-16-13-46(69)60-51(68)70/h9-10,21-27,29,31H,7-8,11-20,28H2,1-6H3,(H,60,69,70)(H2,55,58,59,61). The molecule has 22 heteroatoms. The molecule has 7 aromatic rings. The minimum Gasteiger partial charge on any atom is -0.494 e. The van der Waals surface area contributed by atoms with Crippen molar-refractivity contribution < 1.29 is 27.7 Å². The number of nitrogens with one attached hydrogen (secondary N) is 3. The first-order chi connectivity index (χ1) is 35.1. The highest BCUT2D eigenvalue weighted by atomic mass is 79.9. The van der Waals surface area contributed by atoms with Gasteiger partial charge in [-0.2, -0.15) is 15.2 Å². The molecule has 73 heavy (non-hydrogen) atoms. The summed E-state index contributed by atoms with van der Waals surface area (Å²) < 4.78 is 55.4. The number of piperazine rings is 1. The number of benzene rings is 3. The maximum Gasteiger partial charge on any atom is 0.329 e. The zero-order chi connectivity index (χ0) is 51.3. The van der Waals surface area contributed by atoms with Gasteiger partial charge in [0.2, 0.25) is 11.9 Å². The number of halogens is 3. The Balaban J connectivity index is 0.827. The molecule has 0 spiro atoms. The number of anilines is 7. The van der Waals surface area contributed by atoms with Gasteiger partial charge in [-0.3, -0.25) is 34.3 Å². The minimum atomic E-state index is -2.97. The van der Waals surface area contributed by atoms with Crippen molar-refractivity contribution in [1.29, 1.82) is 0 Å². The molecule has 0 bridgehead atoms. The Morgan fingerprint density at radius 3 is 2.30 bits per heavy atom. The first kappa shape index (κ1) is 49.9. The molecule has 0 atom stereocenters. The van der Waals surface area contributed by atoms with E-state index in [2.05, 4.69) is 72.8 Å². The molecule has 3 fully saturated rings. The third-order valence-electron chi connectivity index (χ3n) is 14.5. The van der Waals surface area contributed by atoms with Crippen molar-refractivity contribution in [1.82, 2.24) is 44.7 Å². The van der Waals surface area contributed by atoms with Crippen LogP contribution in [-0.2, 0) is 23.5 Å². The molecule has 18 nitrogen and oxygen atoms in total. The molecule has 0 radical (unpaired) electrons. The smallest absolute Gasteiger partial charge is 0.329 e. The van der Waals surface area contributed by atoms with Crippen molar-refractivity contribution in [3.8, 4) is 16.9 Å². The maximum absolute atomic E-state index is 15.9. The Hall–Kier alpha value is -6.70. The van der Waals surface area contributed by atoms with Gasteiger partial charge in [0.25, 0.3) is 0 Å². The van der Waals surface area contributed by atoms with E-state index in [1.165, 1.54) is 17.0 Å². The first-order valence-corrected chi connectivity index (χ1v) is 27.5. The maximum atomic E-state index is 15.9. The van der Waals surface area contributed by atoms with Crippen LogP contribution in [0.15, 0.2) is 65.5 Å². The number of fused-ring (bicyclic) bond motifs is 2. The molecular weight excluding hydrogens is 1020 g/mol. The van der Waals surface area contributed by atoms with E-state index in [0.29, 0.717) is 97.4 Å². The molecule has 4 aromatic heterocycles. The average Bonchev–Trinajstić information content (AvgIpc) is 3.96. The number of carbonyl (C=O) groups excluding carboxylic acids is 2. The summed E-state index contributed by atoms with van der Waals surface area (Å²) in [4.78, 5) is 46.7. The number of ether oxygens (including phenoxy) is 1. The number of nitrogens with zero attached hydrogens (tertiary/aromatic N) is 11. The average molecular weight is 1080 g/mol. The van der Waals surface area contributed by atoms with E-state index < -0.39 is 19.0 Å². The molecule has 382 valence electrons. The lowest BCUT2D eigenvalue weighted by atomic mass is 9.94. The van der Waals surface area contributed by atoms with Crippen molar-refractivity contribution in [2.24, 2.45) is 20.0 Å². The van der Waals surface area contributed by atoms with Crippen LogP contribution in [0, 0.1) is 24.5 Å². The van der Waals surface area contributed by atoms with Crippen LogP contribution in [0.25, 0.3) is 32.9 Å². The predicted molar refractivity (Wildman–Crippen MR) is 286 cm³/mol. The van der Waals surface area contributed by atoms with Gasteiger partial charge in [-0.05, 0) is 78.0 Å². The number of amides is 3. The second kappa shape index (κ2) is 20.3. The molecular formula is C51H58BrF2N14O4P. The molecule has 3 aromatic carbocycles. The lowest BCUT2D eigenvalue weighted by Crippen LogP contribution is -2.49. The highest BCUT2D eigenvalue weighted by Crippen LogP contribution is 2.49. The number of piperidine rings is 1. The van der Waals surface area contributed by atoms with Crippen molar-refractivity contribution in [3.05, 3.63) is 82.9 Å². The molecule has 3 aliphatic rings. The van der Waals surface area contributed by atoms with Gasteiger partial charge in [-0.25, -0.2) is 18.6 Å². The Bertz CT molecular complexity index is 3330. The van der Waals surface area contributed by atoms with Crippen LogP contribution in [0.4, 0.5) is 53.9 Å². The van der Waals surface area contributed by atoms with Gasteiger partial charge in [0.15, 0.2) is 5.82 Å². The van der Waals surface area contributed by atoms with Gasteiger partial charge in [0.05, 0.1) is 51.6 Å². The summed E-state index contributed by atoms with van der Waals surface area (Å²) in [5.41, 5.74) is 6.20. The summed E-state index contributed by atoms with van der Waals surface area (Å²) in [7, 11) is 2.34. The summed E-state index contributed by atoms with van der Waals surface area (Å²) in [6, 6.07) is 11.9. The fourth-order valence-corrected chi connectivity index (χ4v) is 12.9. The number of aryl methyl sites for hydroxylation is 3. The number of urea groups is 1. The van der Waals surface area contributed by atoms with E-state index >= 15 is 8.78 Å². The second-order valence-electron chi connectivity index (χ2n) is 19.0. The first-order valence-electron chi connectivity index (χ1n) is 24.6. The molecule has 10 rings (SSSR count). The van der Waals surface area contributed by atoms with E-state index in [0.717, 1.165) is 62.4 Å². The molecule has 3 N–H and O–H groups in total. The van der Waals surface area contributed by atoms with Crippen LogP contribution in [0.3, 0.4) is 0 Å². The zero-order valence-electron chi connectivity index (χ0n) is 41.7. The van der Waals surface area contributed by atoms with Gasteiger partial charge in [0.1, 0.15) is 30.3 Å². The van der Waals surface area contributed by atoms with E-state index in [-0.39, 0.29) is 36.3 Å². The normalized spacial score (nSPS) is 16.2. The van der Waals surface area contributed by atoms with Crippen LogP contribution >= 0.6 is 23.1 Å². The molecule has 3 amide bonds. The Labute approximate surface area is 430 Å². The Morgan fingerprint density at radius 1 is 0.863 bits per heavy atom. The Morgan fingerprint density at radius 2 is 1.60 bits per heavy atom. The van der Waals surface area contributed by atoms with Crippen LogP contribution in [0.5, 0.6) is 5.75 Å².